The topological polar surface area (TPSA) is 59.8 Å². The molecule has 2 rings (SSSR count). The minimum Gasteiger partial charge on any atom is -0.381 e. The molecular formula is C18H32N4O2. The molecule has 1 aromatic rings. The summed E-state index contributed by atoms with van der Waals surface area (Å²) in [5.74, 6) is 1.56. The molecule has 0 radical (unpaired) electrons. The molecule has 0 spiro atoms. The van der Waals surface area contributed by atoms with Crippen LogP contribution in [0.2, 0.25) is 0 Å². The van der Waals surface area contributed by atoms with Crippen LogP contribution in [0.25, 0.3) is 0 Å². The lowest BCUT2D eigenvalue weighted by Crippen LogP contribution is -2.38. The predicted octanol–water partition coefficient (Wildman–Crippen LogP) is 1.88. The van der Waals surface area contributed by atoms with Gasteiger partial charge in [0, 0.05) is 65.0 Å². The molecule has 0 unspecified atom stereocenters. The van der Waals surface area contributed by atoms with Crippen molar-refractivity contribution in [1.29, 1.82) is 0 Å². The summed E-state index contributed by atoms with van der Waals surface area (Å²) in [4.78, 5) is 4.60. The number of nitrogens with one attached hydrogen (secondary N) is 2. The van der Waals surface area contributed by atoms with Crippen molar-refractivity contribution in [2.75, 3.05) is 46.1 Å². The Morgan fingerprint density at radius 2 is 2.04 bits per heavy atom. The molecule has 2 N–H and O–H groups in total. The Hall–Kier alpha value is -1.53. The Kier molecular flexibility index (Phi) is 9.34. The highest BCUT2D eigenvalue weighted by molar-refractivity contribution is 5.79. The average molecular weight is 336 g/mol. The monoisotopic (exact) mass is 336 g/mol. The fraction of sp³-hybridized carbons (Fsp3) is 0.722. The van der Waals surface area contributed by atoms with Crippen molar-refractivity contribution in [3.63, 3.8) is 0 Å². The Morgan fingerprint density at radius 1 is 1.25 bits per heavy atom. The normalized spacial score (nSPS) is 16.3. The first-order chi connectivity index (χ1) is 11.9. The third-order valence-corrected chi connectivity index (χ3v) is 4.08. The number of hydrogen-bond donors (Lipinski definition) is 2. The van der Waals surface area contributed by atoms with Gasteiger partial charge in [-0.15, -0.1) is 0 Å². The molecule has 2 heterocycles. The van der Waals surface area contributed by atoms with Crippen molar-refractivity contribution in [3.05, 3.63) is 24.5 Å². The molecule has 1 fully saturated rings. The van der Waals surface area contributed by atoms with Crippen LogP contribution in [0.4, 0.5) is 0 Å². The Balaban J connectivity index is 1.54. The highest BCUT2D eigenvalue weighted by atomic mass is 16.5. The van der Waals surface area contributed by atoms with E-state index in [-0.39, 0.29) is 0 Å². The van der Waals surface area contributed by atoms with Crippen molar-refractivity contribution in [3.8, 4) is 0 Å². The fourth-order valence-electron chi connectivity index (χ4n) is 2.68. The molecule has 0 bridgehead atoms. The van der Waals surface area contributed by atoms with Gasteiger partial charge < -0.3 is 24.7 Å². The Morgan fingerprint density at radius 3 is 2.79 bits per heavy atom. The maximum atomic E-state index is 5.78. The van der Waals surface area contributed by atoms with Crippen molar-refractivity contribution < 1.29 is 9.47 Å². The van der Waals surface area contributed by atoms with Gasteiger partial charge in [0.15, 0.2) is 5.96 Å². The molecule has 6 heteroatoms. The molecular weight excluding hydrogens is 304 g/mol. The van der Waals surface area contributed by atoms with E-state index in [2.05, 4.69) is 39.5 Å². The van der Waals surface area contributed by atoms with Crippen LogP contribution in [0.15, 0.2) is 29.5 Å². The summed E-state index contributed by atoms with van der Waals surface area (Å²) in [5.41, 5.74) is 0. The van der Waals surface area contributed by atoms with Crippen LogP contribution in [0.1, 0.15) is 26.2 Å². The van der Waals surface area contributed by atoms with Gasteiger partial charge in [0.1, 0.15) is 0 Å². The summed E-state index contributed by atoms with van der Waals surface area (Å²) in [7, 11) is 0. The van der Waals surface area contributed by atoms with E-state index in [1.165, 1.54) is 0 Å². The van der Waals surface area contributed by atoms with Crippen LogP contribution >= 0.6 is 0 Å². The maximum absolute atomic E-state index is 5.78. The smallest absolute Gasteiger partial charge is 0.191 e. The third kappa shape index (κ3) is 7.84. The highest BCUT2D eigenvalue weighted by Gasteiger charge is 2.13. The van der Waals surface area contributed by atoms with Crippen molar-refractivity contribution in [2.24, 2.45) is 10.9 Å². The van der Waals surface area contributed by atoms with E-state index >= 15 is 0 Å². The first-order valence-electron chi connectivity index (χ1n) is 9.17. The van der Waals surface area contributed by atoms with Gasteiger partial charge in [0.2, 0.25) is 0 Å². The van der Waals surface area contributed by atoms with Gasteiger partial charge in [-0.05, 0) is 44.2 Å². The first-order valence-corrected chi connectivity index (χ1v) is 9.17. The molecule has 0 aliphatic carbocycles. The fourth-order valence-corrected chi connectivity index (χ4v) is 2.68. The number of aliphatic imine (C=N–C) groups is 1. The number of ether oxygens (including phenoxy) is 2. The predicted molar refractivity (Wildman–Crippen MR) is 97.4 cm³/mol. The quantitative estimate of drug-likeness (QED) is 0.389. The Bertz CT molecular complexity index is 442. The second kappa shape index (κ2) is 11.9. The summed E-state index contributed by atoms with van der Waals surface area (Å²) >= 11 is 0. The maximum Gasteiger partial charge on any atom is 0.191 e. The lowest BCUT2D eigenvalue weighted by atomic mass is 10.0. The summed E-state index contributed by atoms with van der Waals surface area (Å²) < 4.78 is 13.3. The van der Waals surface area contributed by atoms with Gasteiger partial charge in [-0.1, -0.05) is 0 Å². The van der Waals surface area contributed by atoms with Crippen LogP contribution in [-0.4, -0.2) is 56.6 Å². The number of rotatable bonds is 10. The van der Waals surface area contributed by atoms with E-state index < -0.39 is 0 Å². The lowest BCUT2D eigenvalue weighted by molar-refractivity contribution is 0.0205. The van der Waals surface area contributed by atoms with Crippen LogP contribution in [0, 0.1) is 5.92 Å². The molecule has 0 saturated carbocycles. The lowest BCUT2D eigenvalue weighted by Gasteiger charge is -2.21. The zero-order valence-electron chi connectivity index (χ0n) is 14.9. The SMILES string of the molecule is CCNC(=NCCCOCC1CCOCC1)NCCn1cccc1. The van der Waals surface area contributed by atoms with Crippen molar-refractivity contribution in [2.45, 2.75) is 32.7 Å². The summed E-state index contributed by atoms with van der Waals surface area (Å²) in [6, 6.07) is 4.08. The minimum atomic E-state index is 0.676. The molecule has 1 saturated heterocycles. The van der Waals surface area contributed by atoms with Gasteiger partial charge >= 0.3 is 0 Å². The number of nitrogens with zero attached hydrogens (tertiary/aromatic N) is 2. The van der Waals surface area contributed by atoms with E-state index in [9.17, 15) is 0 Å². The second-order valence-electron chi connectivity index (χ2n) is 6.09. The van der Waals surface area contributed by atoms with Crippen molar-refractivity contribution >= 4 is 5.96 Å². The molecule has 24 heavy (non-hydrogen) atoms. The van der Waals surface area contributed by atoms with Gasteiger partial charge in [-0.2, -0.15) is 0 Å². The zero-order chi connectivity index (χ0) is 16.9. The van der Waals surface area contributed by atoms with Gasteiger partial charge in [-0.25, -0.2) is 0 Å². The molecule has 0 atom stereocenters. The molecule has 1 aromatic heterocycles. The van der Waals surface area contributed by atoms with E-state index in [1.54, 1.807) is 0 Å². The largest absolute Gasteiger partial charge is 0.381 e. The van der Waals surface area contributed by atoms with E-state index in [0.29, 0.717) is 5.92 Å². The van der Waals surface area contributed by atoms with Crippen molar-refractivity contribution in [1.82, 2.24) is 15.2 Å². The minimum absolute atomic E-state index is 0.676. The van der Waals surface area contributed by atoms with Crippen LogP contribution in [-0.2, 0) is 16.0 Å². The van der Waals surface area contributed by atoms with Gasteiger partial charge in [0.25, 0.3) is 0 Å². The molecule has 136 valence electrons. The third-order valence-electron chi connectivity index (χ3n) is 4.08. The summed E-state index contributed by atoms with van der Waals surface area (Å²) in [6.07, 6.45) is 7.36. The second-order valence-corrected chi connectivity index (χ2v) is 6.09. The van der Waals surface area contributed by atoms with E-state index in [0.717, 1.165) is 77.8 Å². The molecule has 0 amide bonds. The van der Waals surface area contributed by atoms with Gasteiger partial charge in [0.05, 0.1) is 0 Å². The van der Waals surface area contributed by atoms with Crippen LogP contribution in [0.3, 0.4) is 0 Å². The van der Waals surface area contributed by atoms with E-state index in [1.807, 2.05) is 12.1 Å². The molecule has 6 nitrogen and oxygen atoms in total. The summed E-state index contributed by atoms with van der Waals surface area (Å²) in [6.45, 7) is 8.96. The average Bonchev–Trinajstić information content (AvgIpc) is 3.12. The number of guanidine groups is 1. The number of hydrogen-bond acceptors (Lipinski definition) is 3. The van der Waals surface area contributed by atoms with Gasteiger partial charge in [-0.3, -0.25) is 4.99 Å². The number of aromatic nitrogens is 1. The highest BCUT2D eigenvalue weighted by Crippen LogP contribution is 2.14. The van der Waals surface area contributed by atoms with E-state index in [4.69, 9.17) is 9.47 Å². The zero-order valence-corrected chi connectivity index (χ0v) is 14.9. The Labute approximate surface area is 145 Å². The molecule has 0 aromatic carbocycles. The van der Waals surface area contributed by atoms with Crippen LogP contribution < -0.4 is 10.6 Å². The van der Waals surface area contributed by atoms with Crippen LogP contribution in [0.5, 0.6) is 0 Å². The molecule has 1 aliphatic heterocycles. The standard InChI is InChI=1S/C18H32N4O2/c1-2-19-18(21-9-12-22-10-3-4-11-22)20-8-5-13-24-16-17-6-14-23-15-7-17/h3-4,10-11,17H,2,5-9,12-16H2,1H3,(H2,19,20,21). The molecule has 1 aliphatic rings. The summed E-state index contributed by atoms with van der Waals surface area (Å²) in [5, 5.41) is 6.65. The first kappa shape index (κ1) is 18.8.